The van der Waals surface area contributed by atoms with Crippen LogP contribution in [0.3, 0.4) is 0 Å². The number of aromatic nitrogens is 2. The molecule has 2 unspecified atom stereocenters. The summed E-state index contributed by atoms with van der Waals surface area (Å²) in [6.45, 7) is 7.16. The Kier molecular flexibility index (Phi) is 7.37. The van der Waals surface area contributed by atoms with Gasteiger partial charge in [-0.3, -0.25) is 19.6 Å². The number of halogens is 1. The molecular formula is C20H28ClN5O3. The van der Waals surface area contributed by atoms with E-state index in [1.807, 2.05) is 29.2 Å². The molecule has 2 heterocycles. The van der Waals surface area contributed by atoms with Crippen LogP contribution in [0.1, 0.15) is 47.1 Å². The maximum absolute atomic E-state index is 12.9. The number of piperidine rings is 1. The van der Waals surface area contributed by atoms with E-state index in [1.165, 1.54) is 0 Å². The van der Waals surface area contributed by atoms with E-state index in [4.69, 9.17) is 5.73 Å². The summed E-state index contributed by atoms with van der Waals surface area (Å²) >= 11 is 0. The van der Waals surface area contributed by atoms with Gasteiger partial charge in [-0.1, -0.05) is 19.1 Å². The van der Waals surface area contributed by atoms with E-state index in [0.29, 0.717) is 36.0 Å². The molecule has 1 aromatic heterocycles. The van der Waals surface area contributed by atoms with Crippen molar-refractivity contribution in [3.63, 3.8) is 0 Å². The third-order valence-corrected chi connectivity index (χ3v) is 5.57. The van der Waals surface area contributed by atoms with Crippen LogP contribution in [-0.2, 0) is 6.54 Å². The summed E-state index contributed by atoms with van der Waals surface area (Å²) < 4.78 is 1.63. The van der Waals surface area contributed by atoms with Crippen LogP contribution in [0.2, 0.25) is 0 Å². The standard InChI is InChI=1S/C20H27N5O3.ClH/c1-13-8-9-23(18(10-13)11-21)20(26)17-6-4-16(5-7-17)12-24-15(3)19(25(27)28)14(2)22-24;/h4-7,13,18H,8-12,21H2,1-3H3;1H. The first-order chi connectivity index (χ1) is 13.3. The lowest BCUT2D eigenvalue weighted by atomic mass is 9.92. The van der Waals surface area contributed by atoms with Crippen molar-refractivity contribution in [2.75, 3.05) is 13.1 Å². The molecule has 1 saturated heterocycles. The van der Waals surface area contributed by atoms with Gasteiger partial charge < -0.3 is 10.6 Å². The van der Waals surface area contributed by atoms with Gasteiger partial charge >= 0.3 is 5.69 Å². The number of nitrogens with two attached hydrogens (primary N) is 1. The fourth-order valence-corrected chi connectivity index (χ4v) is 3.94. The van der Waals surface area contributed by atoms with Crippen LogP contribution in [0.15, 0.2) is 24.3 Å². The number of carbonyl (C=O) groups is 1. The second-order valence-corrected chi connectivity index (χ2v) is 7.65. The van der Waals surface area contributed by atoms with Gasteiger partial charge in [0.1, 0.15) is 11.4 Å². The molecule has 2 N–H and O–H groups in total. The average molecular weight is 422 g/mol. The van der Waals surface area contributed by atoms with E-state index in [1.54, 1.807) is 18.5 Å². The van der Waals surface area contributed by atoms with Crippen molar-refractivity contribution in [2.24, 2.45) is 11.7 Å². The van der Waals surface area contributed by atoms with E-state index < -0.39 is 4.92 Å². The Morgan fingerprint density at radius 2 is 1.97 bits per heavy atom. The van der Waals surface area contributed by atoms with Gasteiger partial charge in [-0.15, -0.1) is 12.4 Å². The molecule has 158 valence electrons. The van der Waals surface area contributed by atoms with Crippen molar-refractivity contribution in [2.45, 2.75) is 46.2 Å². The molecule has 0 aliphatic carbocycles. The number of rotatable bonds is 5. The van der Waals surface area contributed by atoms with Crippen LogP contribution < -0.4 is 5.73 Å². The summed E-state index contributed by atoms with van der Waals surface area (Å²) in [5.41, 5.74) is 8.43. The molecule has 0 saturated carbocycles. The zero-order valence-electron chi connectivity index (χ0n) is 17.0. The number of amides is 1. The molecule has 9 heteroatoms. The molecular weight excluding hydrogens is 394 g/mol. The lowest BCUT2D eigenvalue weighted by molar-refractivity contribution is -0.386. The summed E-state index contributed by atoms with van der Waals surface area (Å²) in [6, 6.07) is 7.46. The summed E-state index contributed by atoms with van der Waals surface area (Å²) in [4.78, 5) is 25.5. The maximum atomic E-state index is 12.9. The number of aryl methyl sites for hydroxylation is 1. The van der Waals surface area contributed by atoms with Crippen molar-refractivity contribution >= 4 is 24.0 Å². The highest BCUT2D eigenvalue weighted by Crippen LogP contribution is 2.25. The highest BCUT2D eigenvalue weighted by molar-refractivity contribution is 5.94. The SMILES string of the molecule is Cc1nn(Cc2ccc(C(=O)N3CCC(C)CC3CN)cc2)c(C)c1[N+](=O)[O-].Cl. The third kappa shape index (κ3) is 4.76. The number of likely N-dealkylation sites (tertiary alicyclic amines) is 1. The molecule has 1 fully saturated rings. The quantitative estimate of drug-likeness (QED) is 0.589. The first kappa shape index (κ1) is 22.8. The molecule has 1 amide bonds. The normalized spacial score (nSPS) is 19.0. The average Bonchev–Trinajstić information content (AvgIpc) is 2.95. The molecule has 29 heavy (non-hydrogen) atoms. The predicted octanol–water partition coefficient (Wildman–Crippen LogP) is 3.08. The molecule has 1 aromatic carbocycles. The van der Waals surface area contributed by atoms with Gasteiger partial charge in [-0.2, -0.15) is 5.10 Å². The largest absolute Gasteiger partial charge is 0.334 e. The Balaban J connectivity index is 0.00000300. The Hall–Kier alpha value is -2.45. The van der Waals surface area contributed by atoms with Crippen molar-refractivity contribution in [3.05, 3.63) is 56.9 Å². The van der Waals surface area contributed by atoms with E-state index in [2.05, 4.69) is 12.0 Å². The highest BCUT2D eigenvalue weighted by atomic mass is 35.5. The second kappa shape index (κ2) is 9.37. The highest BCUT2D eigenvalue weighted by Gasteiger charge is 2.29. The Bertz CT molecular complexity index is 881. The van der Waals surface area contributed by atoms with Gasteiger partial charge in [0, 0.05) is 24.7 Å². The number of nitrogens with zero attached hydrogens (tertiary/aromatic N) is 4. The van der Waals surface area contributed by atoms with Gasteiger partial charge in [-0.25, -0.2) is 0 Å². The second-order valence-electron chi connectivity index (χ2n) is 7.65. The van der Waals surface area contributed by atoms with E-state index in [9.17, 15) is 14.9 Å². The van der Waals surface area contributed by atoms with Gasteiger partial charge in [-0.05, 0) is 50.3 Å². The third-order valence-electron chi connectivity index (χ3n) is 5.57. The molecule has 0 radical (unpaired) electrons. The Labute approximate surface area is 176 Å². The van der Waals surface area contributed by atoms with Crippen molar-refractivity contribution in [3.8, 4) is 0 Å². The smallest absolute Gasteiger partial charge is 0.312 e. The molecule has 1 aliphatic heterocycles. The maximum Gasteiger partial charge on any atom is 0.312 e. The zero-order valence-corrected chi connectivity index (χ0v) is 17.8. The molecule has 8 nitrogen and oxygen atoms in total. The van der Waals surface area contributed by atoms with Gasteiger partial charge in [0.25, 0.3) is 5.91 Å². The fraction of sp³-hybridized carbons (Fsp3) is 0.500. The lowest BCUT2D eigenvalue weighted by Crippen LogP contribution is -2.49. The number of hydrogen-bond acceptors (Lipinski definition) is 5. The van der Waals surface area contributed by atoms with E-state index in [0.717, 1.165) is 24.9 Å². The topological polar surface area (TPSA) is 107 Å². The summed E-state index contributed by atoms with van der Waals surface area (Å²) in [5.74, 6) is 0.598. The minimum atomic E-state index is -0.400. The monoisotopic (exact) mass is 421 g/mol. The minimum Gasteiger partial charge on any atom is -0.334 e. The van der Waals surface area contributed by atoms with Gasteiger partial charge in [0.2, 0.25) is 0 Å². The summed E-state index contributed by atoms with van der Waals surface area (Å²) in [6.07, 6.45) is 1.94. The van der Waals surface area contributed by atoms with E-state index >= 15 is 0 Å². The molecule has 1 aliphatic rings. The van der Waals surface area contributed by atoms with Crippen LogP contribution in [0.4, 0.5) is 5.69 Å². The first-order valence-corrected chi connectivity index (χ1v) is 9.60. The van der Waals surface area contributed by atoms with Crippen LogP contribution in [0.25, 0.3) is 0 Å². The number of benzene rings is 1. The van der Waals surface area contributed by atoms with Crippen molar-refractivity contribution in [1.29, 1.82) is 0 Å². The van der Waals surface area contributed by atoms with Crippen LogP contribution in [0.5, 0.6) is 0 Å². The lowest BCUT2D eigenvalue weighted by Gasteiger charge is -2.38. The Morgan fingerprint density at radius 1 is 1.31 bits per heavy atom. The van der Waals surface area contributed by atoms with Gasteiger partial charge in [0.05, 0.1) is 11.5 Å². The zero-order chi connectivity index (χ0) is 20.4. The Morgan fingerprint density at radius 3 is 2.52 bits per heavy atom. The minimum absolute atomic E-state index is 0. The number of hydrogen-bond donors (Lipinski definition) is 1. The first-order valence-electron chi connectivity index (χ1n) is 9.60. The van der Waals surface area contributed by atoms with Crippen LogP contribution in [-0.4, -0.2) is 44.6 Å². The summed E-state index contributed by atoms with van der Waals surface area (Å²) in [5, 5.41) is 15.4. The molecule has 2 aromatic rings. The summed E-state index contributed by atoms with van der Waals surface area (Å²) in [7, 11) is 0. The molecule has 0 bridgehead atoms. The molecule has 3 rings (SSSR count). The molecule has 2 atom stereocenters. The van der Waals surface area contributed by atoms with Crippen LogP contribution in [0, 0.1) is 29.9 Å². The fourth-order valence-electron chi connectivity index (χ4n) is 3.94. The number of nitro groups is 1. The van der Waals surface area contributed by atoms with Gasteiger partial charge in [0.15, 0.2) is 0 Å². The predicted molar refractivity (Wildman–Crippen MR) is 113 cm³/mol. The van der Waals surface area contributed by atoms with E-state index in [-0.39, 0.29) is 30.0 Å². The van der Waals surface area contributed by atoms with Crippen molar-refractivity contribution < 1.29 is 9.72 Å². The molecule has 0 spiro atoms. The number of carbonyl (C=O) groups excluding carboxylic acids is 1. The van der Waals surface area contributed by atoms with Crippen molar-refractivity contribution in [1.82, 2.24) is 14.7 Å². The van der Waals surface area contributed by atoms with Crippen LogP contribution >= 0.6 is 12.4 Å².